The number of para-hydroxylation sites is 2. The summed E-state index contributed by atoms with van der Waals surface area (Å²) in [4.78, 5) is 40.7. The third-order valence-corrected chi connectivity index (χ3v) is 10.0. The summed E-state index contributed by atoms with van der Waals surface area (Å²) in [7, 11) is 0. The minimum atomic E-state index is -0.477. The molecule has 2 amide bonds. The van der Waals surface area contributed by atoms with Crippen molar-refractivity contribution in [2.45, 2.75) is 22.5 Å². The molecule has 8 heteroatoms. The van der Waals surface area contributed by atoms with Crippen molar-refractivity contribution in [1.82, 2.24) is 0 Å². The largest absolute Gasteiger partial charge is 0.424 e. The summed E-state index contributed by atoms with van der Waals surface area (Å²) in [5, 5.41) is 0.587. The maximum atomic E-state index is 13.3. The third kappa shape index (κ3) is 3.45. The Morgan fingerprint density at radius 2 is 1.55 bits per heavy atom. The van der Waals surface area contributed by atoms with Gasteiger partial charge in [0, 0.05) is 14.7 Å². The van der Waals surface area contributed by atoms with Gasteiger partial charge in [0.2, 0.25) is 11.8 Å². The maximum absolute atomic E-state index is 13.3. The maximum Gasteiger partial charge on any atom is 0.315 e. The number of anilines is 1. The van der Waals surface area contributed by atoms with Crippen LogP contribution < -0.4 is 9.64 Å². The predicted octanol–water partition coefficient (Wildman–Crippen LogP) is 4.77. The molecular weight excluding hydrogens is 550 g/mol. The van der Waals surface area contributed by atoms with Crippen LogP contribution in [0.2, 0.25) is 5.02 Å². The lowest BCUT2D eigenvalue weighted by atomic mass is 9.81. The van der Waals surface area contributed by atoms with Crippen LogP contribution in [0.15, 0.2) is 48.5 Å². The number of ether oxygens (including phenoxy) is 1. The van der Waals surface area contributed by atoms with Gasteiger partial charge in [-0.05, 0) is 48.1 Å². The van der Waals surface area contributed by atoms with Crippen molar-refractivity contribution in [1.29, 1.82) is 0 Å². The minimum Gasteiger partial charge on any atom is -0.424 e. The standard InChI is InChI=1S/C23H18Br2ClNO4/c24-20-13-10-14(21(20)25)19-18(13)22(29)27(23(19)30)15-3-1-2-4-16(15)31-17(28)9-11-5-7-12(26)8-6-11/h1-8,13-14,18-21H,9-10H2. The lowest BCUT2D eigenvalue weighted by Crippen LogP contribution is -2.37. The fraction of sp³-hybridized carbons (Fsp3) is 0.348. The second-order valence-corrected chi connectivity index (χ2v) is 10.8. The molecule has 1 saturated heterocycles. The molecule has 0 aromatic heterocycles. The summed E-state index contributed by atoms with van der Waals surface area (Å²) < 4.78 is 5.59. The second-order valence-electron chi connectivity index (χ2n) is 8.26. The van der Waals surface area contributed by atoms with Crippen LogP contribution in [0.4, 0.5) is 5.69 Å². The van der Waals surface area contributed by atoms with Crippen molar-refractivity contribution in [3.05, 3.63) is 59.1 Å². The molecule has 2 bridgehead atoms. The van der Waals surface area contributed by atoms with Gasteiger partial charge in [-0.1, -0.05) is 67.7 Å². The van der Waals surface area contributed by atoms with Gasteiger partial charge in [0.1, 0.15) is 0 Å². The zero-order valence-electron chi connectivity index (χ0n) is 16.2. The highest BCUT2D eigenvalue weighted by Gasteiger charge is 2.66. The summed E-state index contributed by atoms with van der Waals surface area (Å²) in [6.45, 7) is 0. The average molecular weight is 568 g/mol. The number of esters is 1. The molecule has 0 radical (unpaired) electrons. The molecule has 2 aromatic carbocycles. The Hall–Kier alpha value is -1.70. The van der Waals surface area contributed by atoms with Gasteiger partial charge in [-0.25, -0.2) is 4.90 Å². The van der Waals surface area contributed by atoms with E-state index in [1.54, 1.807) is 48.5 Å². The topological polar surface area (TPSA) is 63.7 Å². The molecule has 5 nitrogen and oxygen atoms in total. The van der Waals surface area contributed by atoms with Crippen molar-refractivity contribution < 1.29 is 19.1 Å². The Labute approximate surface area is 201 Å². The highest BCUT2D eigenvalue weighted by atomic mass is 79.9. The number of carbonyl (C=O) groups is 3. The van der Waals surface area contributed by atoms with Gasteiger partial charge < -0.3 is 4.74 Å². The molecule has 3 fully saturated rings. The second kappa shape index (κ2) is 8.01. The lowest BCUT2D eigenvalue weighted by molar-refractivity contribution is -0.134. The Morgan fingerprint density at radius 1 is 0.968 bits per heavy atom. The first kappa shape index (κ1) is 21.2. The molecule has 1 aliphatic heterocycles. The van der Waals surface area contributed by atoms with E-state index < -0.39 is 5.97 Å². The minimum absolute atomic E-state index is 0.0549. The number of alkyl halides is 2. The highest BCUT2D eigenvalue weighted by Crippen LogP contribution is 2.60. The zero-order chi connectivity index (χ0) is 21.9. The number of amides is 2. The lowest BCUT2D eigenvalue weighted by Gasteiger charge is -2.28. The van der Waals surface area contributed by atoms with E-state index in [0.29, 0.717) is 10.7 Å². The summed E-state index contributed by atoms with van der Waals surface area (Å²) in [6, 6.07) is 13.6. The first-order valence-corrected chi connectivity index (χ1v) is 12.3. The Kier molecular flexibility index (Phi) is 5.47. The van der Waals surface area contributed by atoms with E-state index in [1.807, 2.05) is 0 Å². The Morgan fingerprint density at radius 3 is 2.16 bits per heavy atom. The normalized spacial score (nSPS) is 31.3. The van der Waals surface area contributed by atoms with E-state index in [1.165, 1.54) is 4.90 Å². The van der Waals surface area contributed by atoms with Crippen LogP contribution in [0.3, 0.4) is 0 Å². The SMILES string of the molecule is O=C(Cc1ccc(Cl)cc1)Oc1ccccc1N1C(=O)C2C3CC(C(Br)C3Br)C2C1=O. The van der Waals surface area contributed by atoms with Crippen molar-refractivity contribution in [2.75, 3.05) is 4.90 Å². The number of hydrogen-bond donors (Lipinski definition) is 0. The first-order valence-electron chi connectivity index (χ1n) is 10.1. The predicted molar refractivity (Wildman–Crippen MR) is 124 cm³/mol. The fourth-order valence-corrected chi connectivity index (χ4v) is 7.24. The number of benzene rings is 2. The first-order chi connectivity index (χ1) is 14.9. The number of fused-ring (bicyclic) bond motifs is 5. The number of rotatable bonds is 4. The summed E-state index contributed by atoms with van der Waals surface area (Å²) in [5.41, 5.74) is 1.09. The van der Waals surface area contributed by atoms with Crippen molar-refractivity contribution >= 4 is 66.9 Å². The van der Waals surface area contributed by atoms with Crippen LogP contribution in [0.5, 0.6) is 5.75 Å². The number of hydrogen-bond acceptors (Lipinski definition) is 4. The van der Waals surface area contributed by atoms with E-state index in [9.17, 15) is 14.4 Å². The van der Waals surface area contributed by atoms with E-state index in [2.05, 4.69) is 31.9 Å². The quantitative estimate of drug-likeness (QED) is 0.231. The van der Waals surface area contributed by atoms with Gasteiger partial charge in [0.15, 0.2) is 5.75 Å². The molecule has 2 aromatic rings. The number of nitrogens with zero attached hydrogens (tertiary/aromatic N) is 1. The van der Waals surface area contributed by atoms with Gasteiger partial charge in [0.05, 0.1) is 23.9 Å². The van der Waals surface area contributed by atoms with E-state index in [0.717, 1.165) is 12.0 Å². The van der Waals surface area contributed by atoms with E-state index in [-0.39, 0.29) is 57.3 Å². The van der Waals surface area contributed by atoms with Crippen LogP contribution in [0.25, 0.3) is 0 Å². The van der Waals surface area contributed by atoms with Gasteiger partial charge in [-0.15, -0.1) is 0 Å². The van der Waals surface area contributed by atoms with Gasteiger partial charge >= 0.3 is 5.97 Å². The highest BCUT2D eigenvalue weighted by molar-refractivity contribution is 9.12. The number of carbonyl (C=O) groups excluding carboxylic acids is 3. The van der Waals surface area contributed by atoms with Gasteiger partial charge in [-0.2, -0.15) is 0 Å². The van der Waals surface area contributed by atoms with E-state index in [4.69, 9.17) is 16.3 Å². The summed E-state index contributed by atoms with van der Waals surface area (Å²) >= 11 is 13.3. The Balaban J connectivity index is 1.39. The molecule has 1 heterocycles. The molecule has 0 N–H and O–H groups in total. The smallest absolute Gasteiger partial charge is 0.315 e. The molecule has 2 aliphatic carbocycles. The van der Waals surface area contributed by atoms with Crippen LogP contribution >= 0.6 is 43.5 Å². The molecule has 6 atom stereocenters. The van der Waals surface area contributed by atoms with Crippen LogP contribution in [0.1, 0.15) is 12.0 Å². The van der Waals surface area contributed by atoms with Crippen molar-refractivity contribution in [2.24, 2.45) is 23.7 Å². The Bertz CT molecular complexity index is 1040. The van der Waals surface area contributed by atoms with Crippen LogP contribution in [0, 0.1) is 23.7 Å². The molecule has 31 heavy (non-hydrogen) atoms. The third-order valence-electron chi connectivity index (χ3n) is 6.58. The van der Waals surface area contributed by atoms with Gasteiger partial charge in [0.25, 0.3) is 0 Å². The average Bonchev–Trinajstić information content (AvgIpc) is 3.35. The fourth-order valence-electron chi connectivity index (χ4n) is 5.24. The number of halogens is 3. The van der Waals surface area contributed by atoms with Crippen LogP contribution in [-0.2, 0) is 20.8 Å². The summed E-state index contributed by atoms with van der Waals surface area (Å²) in [5.74, 6) is -1.07. The van der Waals surface area contributed by atoms with E-state index >= 15 is 0 Å². The molecule has 0 spiro atoms. The zero-order valence-corrected chi connectivity index (χ0v) is 20.1. The van der Waals surface area contributed by atoms with Crippen molar-refractivity contribution in [3.8, 4) is 5.75 Å². The van der Waals surface area contributed by atoms with Crippen LogP contribution in [-0.4, -0.2) is 27.4 Å². The van der Waals surface area contributed by atoms with Crippen molar-refractivity contribution in [3.63, 3.8) is 0 Å². The monoisotopic (exact) mass is 565 g/mol. The molecular formula is C23H18Br2ClNO4. The van der Waals surface area contributed by atoms with Gasteiger partial charge in [-0.3, -0.25) is 14.4 Å². The molecule has 5 rings (SSSR count). The summed E-state index contributed by atoms with van der Waals surface area (Å²) in [6.07, 6.45) is 0.920. The molecule has 2 saturated carbocycles. The molecule has 6 unspecified atom stereocenters. The molecule has 160 valence electrons. The number of imide groups is 1. The molecule has 3 aliphatic rings.